The summed E-state index contributed by atoms with van der Waals surface area (Å²) in [6.07, 6.45) is 3.94. The van der Waals surface area contributed by atoms with Crippen molar-refractivity contribution in [1.29, 1.82) is 0 Å². The van der Waals surface area contributed by atoms with Crippen molar-refractivity contribution in [2.45, 2.75) is 0 Å². The van der Waals surface area contributed by atoms with Crippen LogP contribution in [0.4, 0.5) is 0 Å². The standard InChI is InChI=1S/C10H9NS/c1-2-4-9(5-3-1)10-8-11-6-7-12-10/h1-8,11H. The van der Waals surface area contributed by atoms with Crippen molar-refractivity contribution in [1.82, 2.24) is 5.32 Å². The van der Waals surface area contributed by atoms with E-state index in [1.807, 2.05) is 23.9 Å². The lowest BCUT2D eigenvalue weighted by Gasteiger charge is -2.07. The van der Waals surface area contributed by atoms with Crippen molar-refractivity contribution >= 4 is 16.7 Å². The van der Waals surface area contributed by atoms with Crippen molar-refractivity contribution in [3.05, 3.63) is 53.7 Å². The van der Waals surface area contributed by atoms with Gasteiger partial charge in [0.1, 0.15) is 0 Å². The number of hydrogen-bond donors (Lipinski definition) is 1. The molecule has 0 aromatic heterocycles. The second-order valence-electron chi connectivity index (χ2n) is 2.46. The molecule has 0 bridgehead atoms. The topological polar surface area (TPSA) is 12.0 Å². The zero-order valence-electron chi connectivity index (χ0n) is 6.53. The normalized spacial score (nSPS) is 15.2. The van der Waals surface area contributed by atoms with E-state index in [1.165, 1.54) is 10.5 Å². The van der Waals surface area contributed by atoms with Crippen LogP contribution < -0.4 is 5.32 Å². The van der Waals surface area contributed by atoms with E-state index in [9.17, 15) is 0 Å². The van der Waals surface area contributed by atoms with Crippen molar-refractivity contribution < 1.29 is 0 Å². The maximum absolute atomic E-state index is 3.07. The van der Waals surface area contributed by atoms with Gasteiger partial charge in [0, 0.05) is 17.3 Å². The highest BCUT2D eigenvalue weighted by Crippen LogP contribution is 2.28. The predicted octanol–water partition coefficient (Wildman–Crippen LogP) is 2.79. The summed E-state index contributed by atoms with van der Waals surface area (Å²) in [5.41, 5.74) is 1.26. The summed E-state index contributed by atoms with van der Waals surface area (Å²) in [7, 11) is 0. The number of benzene rings is 1. The fourth-order valence-electron chi connectivity index (χ4n) is 1.06. The van der Waals surface area contributed by atoms with Gasteiger partial charge >= 0.3 is 0 Å². The molecule has 60 valence electrons. The Kier molecular flexibility index (Phi) is 2.19. The Bertz CT molecular complexity index is 314. The van der Waals surface area contributed by atoms with Gasteiger partial charge < -0.3 is 5.32 Å². The molecule has 0 radical (unpaired) electrons. The van der Waals surface area contributed by atoms with Crippen molar-refractivity contribution in [3.8, 4) is 0 Å². The Morgan fingerprint density at radius 2 is 1.92 bits per heavy atom. The third-order valence-corrected chi connectivity index (χ3v) is 2.51. The number of hydrogen-bond acceptors (Lipinski definition) is 2. The smallest absolute Gasteiger partial charge is 0.0349 e. The average molecular weight is 175 g/mol. The second kappa shape index (κ2) is 3.50. The quantitative estimate of drug-likeness (QED) is 0.704. The molecule has 2 rings (SSSR count). The molecule has 0 atom stereocenters. The van der Waals surface area contributed by atoms with E-state index in [1.54, 1.807) is 11.8 Å². The molecule has 12 heavy (non-hydrogen) atoms. The first-order valence-corrected chi connectivity index (χ1v) is 4.68. The molecule has 1 heterocycles. The molecular formula is C10H9NS. The van der Waals surface area contributed by atoms with Gasteiger partial charge in [-0.2, -0.15) is 0 Å². The molecule has 1 aliphatic heterocycles. The Labute approximate surface area is 76.2 Å². The summed E-state index contributed by atoms with van der Waals surface area (Å²) in [5.74, 6) is 0. The Morgan fingerprint density at radius 3 is 2.58 bits per heavy atom. The monoisotopic (exact) mass is 175 g/mol. The highest BCUT2D eigenvalue weighted by molar-refractivity contribution is 8.10. The molecular weight excluding hydrogens is 166 g/mol. The molecule has 1 aliphatic rings. The highest BCUT2D eigenvalue weighted by Gasteiger charge is 2.00. The van der Waals surface area contributed by atoms with Gasteiger partial charge in [-0.3, -0.25) is 0 Å². The average Bonchev–Trinajstić information content (AvgIpc) is 2.21. The summed E-state index contributed by atoms with van der Waals surface area (Å²) in [6.45, 7) is 0. The Morgan fingerprint density at radius 1 is 1.08 bits per heavy atom. The molecule has 1 nitrogen and oxygen atoms in total. The van der Waals surface area contributed by atoms with Gasteiger partial charge in [-0.15, -0.1) is 0 Å². The molecule has 1 aromatic rings. The summed E-state index contributed by atoms with van der Waals surface area (Å²) in [5, 5.41) is 5.11. The van der Waals surface area contributed by atoms with E-state index in [0.29, 0.717) is 0 Å². The Balaban J connectivity index is 2.26. The van der Waals surface area contributed by atoms with Crippen LogP contribution in [0.1, 0.15) is 5.56 Å². The van der Waals surface area contributed by atoms with Crippen LogP contribution >= 0.6 is 11.8 Å². The molecule has 0 fully saturated rings. The first-order chi connectivity index (χ1) is 5.97. The molecule has 0 spiro atoms. The first-order valence-electron chi connectivity index (χ1n) is 3.80. The maximum Gasteiger partial charge on any atom is 0.0349 e. The summed E-state index contributed by atoms with van der Waals surface area (Å²) < 4.78 is 0. The fraction of sp³-hybridized carbons (Fsp3) is 0. The maximum atomic E-state index is 3.07. The van der Waals surface area contributed by atoms with Gasteiger partial charge in [-0.05, 0) is 11.0 Å². The van der Waals surface area contributed by atoms with Gasteiger partial charge in [0.15, 0.2) is 0 Å². The van der Waals surface area contributed by atoms with E-state index >= 15 is 0 Å². The molecule has 2 heteroatoms. The minimum absolute atomic E-state index is 1.26. The predicted molar refractivity (Wildman–Crippen MR) is 54.3 cm³/mol. The van der Waals surface area contributed by atoms with Crippen LogP contribution in [0.5, 0.6) is 0 Å². The summed E-state index contributed by atoms with van der Waals surface area (Å²) in [4.78, 5) is 1.26. The number of rotatable bonds is 1. The Hall–Kier alpha value is -1.15. The van der Waals surface area contributed by atoms with Crippen LogP contribution in [-0.4, -0.2) is 0 Å². The van der Waals surface area contributed by atoms with Crippen LogP contribution in [-0.2, 0) is 0 Å². The number of thioether (sulfide) groups is 1. The third-order valence-electron chi connectivity index (χ3n) is 1.63. The number of nitrogens with one attached hydrogen (secondary N) is 1. The third kappa shape index (κ3) is 1.53. The van der Waals surface area contributed by atoms with Crippen LogP contribution in [0.15, 0.2) is 48.1 Å². The minimum Gasteiger partial charge on any atom is -0.366 e. The largest absolute Gasteiger partial charge is 0.366 e. The second-order valence-corrected chi connectivity index (χ2v) is 3.41. The van der Waals surface area contributed by atoms with Gasteiger partial charge in [0.2, 0.25) is 0 Å². The molecule has 0 saturated carbocycles. The lowest BCUT2D eigenvalue weighted by atomic mass is 10.2. The zero-order valence-corrected chi connectivity index (χ0v) is 7.34. The molecule has 0 saturated heterocycles. The molecule has 1 N–H and O–H groups in total. The summed E-state index contributed by atoms with van der Waals surface area (Å²) >= 11 is 1.73. The van der Waals surface area contributed by atoms with Gasteiger partial charge in [-0.1, -0.05) is 42.1 Å². The van der Waals surface area contributed by atoms with E-state index in [-0.39, 0.29) is 0 Å². The molecule has 1 aromatic carbocycles. The van der Waals surface area contributed by atoms with Gasteiger partial charge in [-0.25, -0.2) is 0 Å². The van der Waals surface area contributed by atoms with Crippen molar-refractivity contribution in [3.63, 3.8) is 0 Å². The van der Waals surface area contributed by atoms with Gasteiger partial charge in [0.05, 0.1) is 0 Å². The van der Waals surface area contributed by atoms with E-state index in [2.05, 4.69) is 29.6 Å². The van der Waals surface area contributed by atoms with E-state index < -0.39 is 0 Å². The van der Waals surface area contributed by atoms with Crippen LogP contribution in [0, 0.1) is 0 Å². The molecule has 0 aliphatic carbocycles. The zero-order chi connectivity index (χ0) is 8.23. The van der Waals surface area contributed by atoms with E-state index in [4.69, 9.17) is 0 Å². The van der Waals surface area contributed by atoms with E-state index in [0.717, 1.165) is 0 Å². The SMILES string of the molecule is C1=CSC(c2ccccc2)=CN1. The van der Waals surface area contributed by atoms with Crippen LogP contribution in [0.25, 0.3) is 4.91 Å². The fourth-order valence-corrected chi connectivity index (χ4v) is 1.76. The van der Waals surface area contributed by atoms with Crippen LogP contribution in [0.3, 0.4) is 0 Å². The lowest BCUT2D eigenvalue weighted by molar-refractivity contribution is 1.21. The summed E-state index contributed by atoms with van der Waals surface area (Å²) in [6, 6.07) is 10.4. The van der Waals surface area contributed by atoms with Gasteiger partial charge in [0.25, 0.3) is 0 Å². The van der Waals surface area contributed by atoms with Crippen LogP contribution in [0.2, 0.25) is 0 Å². The molecule has 0 amide bonds. The lowest BCUT2D eigenvalue weighted by Crippen LogP contribution is -1.96. The highest BCUT2D eigenvalue weighted by atomic mass is 32.2. The minimum atomic E-state index is 1.26. The molecule has 0 unspecified atom stereocenters. The first kappa shape index (κ1) is 7.50. The van der Waals surface area contributed by atoms with Crippen molar-refractivity contribution in [2.75, 3.05) is 0 Å². The van der Waals surface area contributed by atoms with Crippen molar-refractivity contribution in [2.24, 2.45) is 0 Å².